The zero-order valence-corrected chi connectivity index (χ0v) is 20.1. The Morgan fingerprint density at radius 2 is 1.97 bits per heavy atom. The summed E-state index contributed by atoms with van der Waals surface area (Å²) in [6, 6.07) is 5.84. The second-order valence-corrected chi connectivity index (χ2v) is 8.74. The van der Waals surface area contributed by atoms with Gasteiger partial charge in [0.15, 0.2) is 0 Å². The van der Waals surface area contributed by atoms with Crippen LogP contribution in [0.1, 0.15) is 45.2 Å². The normalized spacial score (nSPS) is 17.2. The lowest BCUT2D eigenvalue weighted by Crippen LogP contribution is -2.30. The van der Waals surface area contributed by atoms with E-state index in [4.69, 9.17) is 4.74 Å². The van der Waals surface area contributed by atoms with Crippen LogP contribution >= 0.6 is 11.6 Å². The molecule has 34 heavy (non-hydrogen) atoms. The molecule has 1 unspecified atom stereocenters. The van der Waals surface area contributed by atoms with Gasteiger partial charge in [-0.2, -0.15) is 0 Å². The lowest BCUT2D eigenvalue weighted by Gasteiger charge is -2.18. The number of ether oxygens (including phenoxy) is 1. The van der Waals surface area contributed by atoms with Crippen LogP contribution in [0.4, 0.5) is 5.82 Å². The van der Waals surface area contributed by atoms with Crippen LogP contribution in [0.2, 0.25) is 0 Å². The summed E-state index contributed by atoms with van der Waals surface area (Å²) in [6.07, 6.45) is 6.56. The van der Waals surface area contributed by atoms with Crippen molar-refractivity contribution in [1.82, 2.24) is 19.4 Å². The molecule has 2 aliphatic heterocycles. The zero-order valence-electron chi connectivity index (χ0n) is 19.4. The Kier molecular flexibility index (Phi) is 5.87. The maximum atomic E-state index is 13.5. The number of aromatic nitrogens is 4. The molecule has 0 spiro atoms. The fourth-order valence-corrected chi connectivity index (χ4v) is 4.93. The van der Waals surface area contributed by atoms with Crippen LogP contribution in [-0.2, 0) is 11.2 Å². The lowest BCUT2D eigenvalue weighted by atomic mass is 10.0. The highest BCUT2D eigenvalue weighted by atomic mass is 35.5. The summed E-state index contributed by atoms with van der Waals surface area (Å²) < 4.78 is 7.46. The fourth-order valence-electron chi connectivity index (χ4n) is 4.93. The molecule has 0 bridgehead atoms. The van der Waals surface area contributed by atoms with E-state index in [1.165, 1.54) is 6.38 Å². The van der Waals surface area contributed by atoms with Gasteiger partial charge in [0.1, 0.15) is 17.2 Å². The van der Waals surface area contributed by atoms with Crippen molar-refractivity contribution < 1.29 is 9.53 Å². The lowest BCUT2D eigenvalue weighted by molar-refractivity contribution is 0.0988. The highest BCUT2D eigenvalue weighted by molar-refractivity contribution is 6.15. The zero-order chi connectivity index (χ0) is 24.0. The first-order valence-corrected chi connectivity index (χ1v) is 12.0. The van der Waals surface area contributed by atoms with Gasteiger partial charge < -0.3 is 9.72 Å². The first-order chi connectivity index (χ1) is 16.5. The highest BCUT2D eigenvalue weighted by Gasteiger charge is 2.29. The monoisotopic (exact) mass is 479 g/mol. The molecule has 6 rings (SSSR count). The molecule has 176 valence electrons. The number of anilines is 1. The number of aromatic amines is 1. The molecule has 1 fully saturated rings. The van der Waals surface area contributed by atoms with Gasteiger partial charge in [0.2, 0.25) is 0 Å². The number of benzene rings is 1. The molecule has 5 heterocycles. The van der Waals surface area contributed by atoms with Crippen LogP contribution in [-0.4, -0.2) is 51.4 Å². The van der Waals surface area contributed by atoms with Crippen molar-refractivity contribution in [3.8, 4) is 0 Å². The third-order valence-electron chi connectivity index (χ3n) is 6.56. The molecule has 2 aliphatic rings. The molecular weight excluding hydrogens is 454 g/mol. The number of imidazole rings is 1. The first kappa shape index (κ1) is 22.6. The molecule has 9 heteroatoms. The second-order valence-electron chi connectivity index (χ2n) is 8.74. The highest BCUT2D eigenvalue weighted by Crippen LogP contribution is 2.30. The number of rotatable bonds is 2. The molecule has 3 aromatic heterocycles. The molecule has 1 aromatic carbocycles. The molecule has 0 saturated carbocycles. The minimum Gasteiger partial charge on any atom is -0.381 e. The van der Waals surface area contributed by atoms with E-state index in [9.17, 15) is 9.59 Å². The van der Waals surface area contributed by atoms with Crippen molar-refractivity contribution in [3.63, 3.8) is 0 Å². The number of hydrogen-bond acceptors (Lipinski definition) is 5. The van der Waals surface area contributed by atoms with Crippen LogP contribution in [0, 0.1) is 13.8 Å². The third kappa shape index (κ3) is 3.58. The Morgan fingerprint density at radius 1 is 1.15 bits per heavy atom. The largest absolute Gasteiger partial charge is 0.381 e. The van der Waals surface area contributed by atoms with E-state index >= 15 is 0 Å². The number of nitrogens with one attached hydrogen (secondary N) is 1. The van der Waals surface area contributed by atoms with Crippen molar-refractivity contribution >= 4 is 39.9 Å². The summed E-state index contributed by atoms with van der Waals surface area (Å²) in [5.41, 5.74) is 5.33. The summed E-state index contributed by atoms with van der Waals surface area (Å²) in [5.74, 6) is 1.61. The smallest absolute Gasteiger partial charge is 0.274 e. The number of pyridine rings is 1. The summed E-state index contributed by atoms with van der Waals surface area (Å²) in [4.78, 5) is 40.0. The topological polar surface area (TPSA) is 92.6 Å². The molecule has 1 amide bonds. The Labute approximate surface area is 201 Å². The van der Waals surface area contributed by atoms with E-state index < -0.39 is 0 Å². The van der Waals surface area contributed by atoms with Gasteiger partial charge >= 0.3 is 0 Å². The molecule has 4 aromatic rings. The molecule has 0 radical (unpaired) electrons. The van der Waals surface area contributed by atoms with Gasteiger partial charge in [-0.15, -0.1) is 11.6 Å². The number of nitrogens with zero attached hydrogens (tertiary/aromatic N) is 4. The fraction of sp³-hybridized carbons (Fsp3) is 0.360. The van der Waals surface area contributed by atoms with E-state index in [2.05, 4.69) is 32.6 Å². The van der Waals surface area contributed by atoms with Gasteiger partial charge in [0, 0.05) is 37.2 Å². The van der Waals surface area contributed by atoms with Gasteiger partial charge in [-0.1, -0.05) is 6.07 Å². The van der Waals surface area contributed by atoms with E-state index in [0.29, 0.717) is 36.4 Å². The van der Waals surface area contributed by atoms with Crippen molar-refractivity contribution in [1.29, 1.82) is 0 Å². The average molecular weight is 480 g/mol. The number of carbonyl (C=O) groups is 1. The van der Waals surface area contributed by atoms with Crippen molar-refractivity contribution in [2.45, 2.75) is 32.6 Å². The third-order valence-corrected chi connectivity index (χ3v) is 6.56. The van der Waals surface area contributed by atoms with Crippen LogP contribution in [0.5, 0.6) is 0 Å². The van der Waals surface area contributed by atoms with E-state index in [1.807, 2.05) is 24.3 Å². The van der Waals surface area contributed by atoms with Crippen LogP contribution in [0.15, 0.2) is 35.4 Å². The Morgan fingerprint density at radius 3 is 2.74 bits per heavy atom. The molecule has 1 atom stereocenters. The van der Waals surface area contributed by atoms with Crippen LogP contribution < -0.4 is 10.5 Å². The SMILES string of the molecule is CCl.Cc1cnc2c(c1)CCN2C(=O)c1cc2[nH]c(=O)c3cnc(C4CCOC4)n3c2cc1C. The number of alkyl halides is 1. The summed E-state index contributed by atoms with van der Waals surface area (Å²) in [5, 5.41) is 0. The minimum atomic E-state index is -0.221. The molecule has 8 nitrogen and oxygen atoms in total. The number of amides is 1. The maximum absolute atomic E-state index is 13.5. The second kappa shape index (κ2) is 8.85. The number of halogens is 1. The van der Waals surface area contributed by atoms with Crippen LogP contribution in [0.25, 0.3) is 16.6 Å². The number of carbonyl (C=O) groups excluding carboxylic acids is 1. The minimum absolute atomic E-state index is 0.101. The maximum Gasteiger partial charge on any atom is 0.274 e. The molecule has 1 N–H and O–H groups in total. The van der Waals surface area contributed by atoms with Gasteiger partial charge in [0.05, 0.1) is 23.8 Å². The summed E-state index contributed by atoms with van der Waals surface area (Å²) in [6.45, 7) is 5.83. The standard InChI is InChI=1S/C24H23N5O3.CH3Cl/c1-13-7-15-3-5-28(21(15)25-10-13)24(31)17-9-18-19(8-14(17)2)29-20(23(30)27-18)11-26-22(29)16-4-6-32-12-16;1-2/h7-11,16H,3-6,12H2,1-2H3,(H,27,30);1H3. The van der Waals surface area contributed by atoms with Gasteiger partial charge in [-0.25, -0.2) is 9.97 Å². The van der Waals surface area contributed by atoms with Gasteiger partial charge in [-0.05, 0) is 55.5 Å². The van der Waals surface area contributed by atoms with Crippen molar-refractivity contribution in [3.05, 3.63) is 69.0 Å². The molecule has 1 saturated heterocycles. The Hall–Kier alpha value is -3.23. The summed E-state index contributed by atoms with van der Waals surface area (Å²) in [7, 11) is 0. The molecule has 0 aliphatic carbocycles. The first-order valence-electron chi connectivity index (χ1n) is 11.3. The van der Waals surface area contributed by atoms with Gasteiger partial charge in [0.25, 0.3) is 11.5 Å². The Balaban J connectivity index is 0.00000117. The quantitative estimate of drug-likeness (QED) is 0.442. The predicted octanol–water partition coefficient (Wildman–Crippen LogP) is 3.75. The predicted molar refractivity (Wildman–Crippen MR) is 132 cm³/mol. The number of fused-ring (bicyclic) bond motifs is 4. The Bertz CT molecular complexity index is 1470. The number of H-pyrrole nitrogens is 1. The molecular formula is C25H26ClN5O3. The number of aryl methyl sites for hydroxylation is 2. The van der Waals surface area contributed by atoms with Crippen molar-refractivity contribution in [2.24, 2.45) is 0 Å². The van der Waals surface area contributed by atoms with E-state index in [1.54, 1.807) is 23.4 Å². The number of hydrogen-bond donors (Lipinski definition) is 1. The summed E-state index contributed by atoms with van der Waals surface area (Å²) >= 11 is 4.64. The average Bonchev–Trinajstić information content (AvgIpc) is 3.59. The van der Waals surface area contributed by atoms with Crippen molar-refractivity contribution in [2.75, 3.05) is 31.0 Å². The van der Waals surface area contributed by atoms with Crippen LogP contribution in [0.3, 0.4) is 0 Å². The van der Waals surface area contributed by atoms with E-state index in [-0.39, 0.29) is 17.4 Å². The van der Waals surface area contributed by atoms with E-state index in [0.717, 1.165) is 46.7 Å². The van der Waals surface area contributed by atoms with Gasteiger partial charge in [-0.3, -0.25) is 18.9 Å².